The molecule has 0 radical (unpaired) electrons. The van der Waals surface area contributed by atoms with Crippen LogP contribution in [0, 0.1) is 13.8 Å². The Morgan fingerprint density at radius 2 is 1.65 bits per heavy atom. The van der Waals surface area contributed by atoms with Crippen molar-refractivity contribution in [3.05, 3.63) is 28.8 Å². The molecule has 2 nitrogen and oxygen atoms in total. The van der Waals surface area contributed by atoms with Crippen molar-refractivity contribution in [2.75, 3.05) is 7.11 Å². The van der Waals surface area contributed by atoms with Gasteiger partial charge in [0.15, 0.2) is 0 Å². The van der Waals surface area contributed by atoms with Crippen LogP contribution in [0.25, 0.3) is 0 Å². The average Bonchev–Trinajstić information content (AvgIpc) is 2.19. The predicted octanol–water partition coefficient (Wildman–Crippen LogP) is 3.49. The Morgan fingerprint density at radius 3 is 2.00 bits per heavy atom. The molecule has 2 N–H and O–H groups in total. The summed E-state index contributed by atoms with van der Waals surface area (Å²) in [6.07, 6.45) is 0. The van der Waals surface area contributed by atoms with Gasteiger partial charge < -0.3 is 10.5 Å². The Labute approximate surface area is 111 Å². The molecule has 1 aromatic rings. The number of hydrogen-bond donors (Lipinski definition) is 2. The molecular weight excluding hydrogens is 230 g/mol. The Kier molecular flexibility index (Phi) is 6.65. The Morgan fingerprint density at radius 1 is 1.18 bits per heavy atom. The van der Waals surface area contributed by atoms with Crippen LogP contribution in [0.1, 0.15) is 37.5 Å². The second-order valence-electron chi connectivity index (χ2n) is 5.05. The van der Waals surface area contributed by atoms with Crippen molar-refractivity contribution >= 4 is 12.6 Å². The van der Waals surface area contributed by atoms with Crippen molar-refractivity contribution in [1.82, 2.24) is 0 Å². The summed E-state index contributed by atoms with van der Waals surface area (Å²) in [6, 6.07) is 3.98. The van der Waals surface area contributed by atoms with E-state index in [1.807, 2.05) is 19.1 Å². The molecule has 1 aromatic carbocycles. The van der Waals surface area contributed by atoms with Gasteiger partial charge in [0.1, 0.15) is 5.75 Å². The minimum atomic E-state index is 0.194. The van der Waals surface area contributed by atoms with Crippen LogP contribution in [0.3, 0.4) is 0 Å². The second-order valence-corrected chi connectivity index (χ2v) is 6.39. The maximum absolute atomic E-state index is 5.57. The normalized spacial score (nSPS) is 10.6. The van der Waals surface area contributed by atoms with E-state index in [0.717, 1.165) is 5.75 Å². The van der Waals surface area contributed by atoms with Crippen LogP contribution in [0.2, 0.25) is 0 Å². The summed E-state index contributed by atoms with van der Waals surface area (Å²) in [5.41, 5.74) is 9.17. The lowest BCUT2D eigenvalue weighted by Crippen LogP contribution is -2.01. The van der Waals surface area contributed by atoms with Crippen molar-refractivity contribution in [2.24, 2.45) is 5.73 Å². The summed E-state index contributed by atoms with van der Waals surface area (Å²) < 4.78 is 5.38. The molecule has 0 saturated heterocycles. The Hall–Kier alpha value is -0.670. The molecule has 1 rings (SSSR count). The van der Waals surface area contributed by atoms with E-state index < -0.39 is 0 Å². The van der Waals surface area contributed by atoms with Gasteiger partial charge in [-0.1, -0.05) is 26.8 Å². The van der Waals surface area contributed by atoms with Crippen molar-refractivity contribution in [3.63, 3.8) is 0 Å². The Bertz CT molecular complexity index is 321. The van der Waals surface area contributed by atoms with Crippen LogP contribution >= 0.6 is 12.6 Å². The highest BCUT2D eigenvalue weighted by atomic mass is 32.1. The molecule has 0 aliphatic carbocycles. The number of hydrogen-bond acceptors (Lipinski definition) is 3. The van der Waals surface area contributed by atoms with Crippen LogP contribution in [0.15, 0.2) is 12.1 Å². The summed E-state index contributed by atoms with van der Waals surface area (Å²) in [5.74, 6) is 0.935. The molecule has 0 saturated carbocycles. The Balaban J connectivity index is 0.000000437. The number of benzene rings is 1. The van der Waals surface area contributed by atoms with Crippen LogP contribution in [0.5, 0.6) is 5.75 Å². The van der Waals surface area contributed by atoms with Gasteiger partial charge in [-0.2, -0.15) is 12.6 Å². The van der Waals surface area contributed by atoms with E-state index in [2.05, 4.69) is 40.3 Å². The van der Waals surface area contributed by atoms with Crippen LogP contribution in [-0.2, 0) is 6.54 Å². The average molecular weight is 255 g/mol. The molecule has 0 aliphatic rings. The summed E-state index contributed by atoms with van der Waals surface area (Å²) in [5, 5.41) is 0. The minimum Gasteiger partial charge on any atom is -0.496 e. The zero-order chi connectivity index (χ0) is 13.6. The first kappa shape index (κ1) is 16.3. The fourth-order valence-electron chi connectivity index (χ4n) is 1.29. The van der Waals surface area contributed by atoms with Gasteiger partial charge in [0.25, 0.3) is 0 Å². The molecular formula is C14H25NOS. The first-order chi connectivity index (χ1) is 7.70. The van der Waals surface area contributed by atoms with E-state index in [4.69, 9.17) is 10.5 Å². The van der Waals surface area contributed by atoms with E-state index in [-0.39, 0.29) is 4.75 Å². The monoisotopic (exact) mass is 255 g/mol. The highest BCUT2D eigenvalue weighted by Crippen LogP contribution is 2.23. The quantitative estimate of drug-likeness (QED) is 0.794. The van der Waals surface area contributed by atoms with E-state index in [9.17, 15) is 0 Å². The van der Waals surface area contributed by atoms with Gasteiger partial charge in [-0.3, -0.25) is 0 Å². The third-order valence-electron chi connectivity index (χ3n) is 2.29. The maximum Gasteiger partial charge on any atom is 0.122 e. The topological polar surface area (TPSA) is 35.2 Å². The third kappa shape index (κ3) is 6.59. The van der Waals surface area contributed by atoms with Crippen LogP contribution < -0.4 is 10.5 Å². The molecule has 3 heteroatoms. The molecule has 98 valence electrons. The molecule has 0 atom stereocenters. The fourth-order valence-corrected chi connectivity index (χ4v) is 1.29. The van der Waals surface area contributed by atoms with Gasteiger partial charge in [-0.05, 0) is 36.6 Å². The molecule has 17 heavy (non-hydrogen) atoms. The first-order valence-corrected chi connectivity index (χ1v) is 6.21. The van der Waals surface area contributed by atoms with Crippen molar-refractivity contribution in [2.45, 2.75) is 45.9 Å². The summed E-state index contributed by atoms with van der Waals surface area (Å²) in [4.78, 5) is 0. The smallest absolute Gasteiger partial charge is 0.122 e. The standard InChI is InChI=1S/C10H15NO.C4H10S/c1-7-8(2)10(12-3)5-4-9(7)6-11;1-4(2,3)5/h4-5H,6,11H2,1-3H3;5H,1-3H3. The molecule has 0 heterocycles. The van der Waals surface area contributed by atoms with Gasteiger partial charge in [0.05, 0.1) is 7.11 Å². The molecule has 0 aromatic heterocycles. The van der Waals surface area contributed by atoms with E-state index >= 15 is 0 Å². The van der Waals surface area contributed by atoms with Crippen molar-refractivity contribution in [1.29, 1.82) is 0 Å². The SMILES string of the molecule is CC(C)(C)S.COc1ccc(CN)c(C)c1C. The third-order valence-corrected chi connectivity index (χ3v) is 2.29. The van der Waals surface area contributed by atoms with Crippen LogP contribution in [0.4, 0.5) is 0 Å². The lowest BCUT2D eigenvalue weighted by Gasteiger charge is -2.10. The largest absolute Gasteiger partial charge is 0.496 e. The molecule has 0 aliphatic heterocycles. The molecule has 0 fully saturated rings. The zero-order valence-corrected chi connectivity index (χ0v) is 12.7. The van der Waals surface area contributed by atoms with Crippen molar-refractivity contribution < 1.29 is 4.74 Å². The first-order valence-electron chi connectivity index (χ1n) is 5.76. The number of rotatable bonds is 2. The lowest BCUT2D eigenvalue weighted by molar-refractivity contribution is 0.411. The van der Waals surface area contributed by atoms with Crippen LogP contribution in [-0.4, -0.2) is 11.9 Å². The summed E-state index contributed by atoms with van der Waals surface area (Å²) in [7, 11) is 1.68. The lowest BCUT2D eigenvalue weighted by atomic mass is 10.0. The molecule has 0 unspecified atom stereocenters. The highest BCUT2D eigenvalue weighted by Gasteiger charge is 2.04. The van der Waals surface area contributed by atoms with Gasteiger partial charge in [-0.15, -0.1) is 0 Å². The summed E-state index contributed by atoms with van der Waals surface area (Å²) in [6.45, 7) is 10.9. The molecule has 0 bridgehead atoms. The van der Waals surface area contributed by atoms with Gasteiger partial charge in [0.2, 0.25) is 0 Å². The number of nitrogens with two attached hydrogens (primary N) is 1. The van der Waals surface area contributed by atoms with Crippen molar-refractivity contribution in [3.8, 4) is 5.75 Å². The molecule has 0 spiro atoms. The van der Waals surface area contributed by atoms with E-state index in [0.29, 0.717) is 6.54 Å². The van der Waals surface area contributed by atoms with Gasteiger partial charge in [-0.25, -0.2) is 0 Å². The fraction of sp³-hybridized carbons (Fsp3) is 0.571. The van der Waals surface area contributed by atoms with E-state index in [1.165, 1.54) is 16.7 Å². The van der Waals surface area contributed by atoms with E-state index in [1.54, 1.807) is 7.11 Å². The van der Waals surface area contributed by atoms with Gasteiger partial charge >= 0.3 is 0 Å². The predicted molar refractivity (Wildman–Crippen MR) is 79.1 cm³/mol. The minimum absolute atomic E-state index is 0.194. The second kappa shape index (κ2) is 6.92. The number of methoxy groups -OCH3 is 1. The zero-order valence-electron chi connectivity index (χ0n) is 11.8. The highest BCUT2D eigenvalue weighted by molar-refractivity contribution is 7.81. The summed E-state index contributed by atoms with van der Waals surface area (Å²) >= 11 is 4.12. The van der Waals surface area contributed by atoms with Gasteiger partial charge in [0, 0.05) is 11.3 Å². The molecule has 0 amide bonds. The maximum atomic E-state index is 5.57. The number of thiol groups is 1. The number of ether oxygens (including phenoxy) is 1.